The molecule has 0 N–H and O–H groups in total. The molecule has 0 spiro atoms. The van der Waals surface area contributed by atoms with E-state index in [4.69, 9.17) is 0 Å². The summed E-state index contributed by atoms with van der Waals surface area (Å²) in [6, 6.07) is 17.8. The Morgan fingerprint density at radius 3 is 1.56 bits per heavy atom. The zero-order valence-electron chi connectivity index (χ0n) is 9.73. The number of nitrogens with zero attached hydrogens (tertiary/aromatic N) is 1. The number of hydrogen-bond acceptors (Lipinski definition) is 2. The van der Waals surface area contributed by atoms with Crippen LogP contribution in [0.4, 0.5) is 11.4 Å². The third-order valence-electron chi connectivity index (χ3n) is 2.45. The predicted molar refractivity (Wildman–Crippen MR) is 74.1 cm³/mol. The molecule has 0 saturated carbocycles. The minimum Gasteiger partial charge on any atom is -0.235 e. The number of anilines is 2. The molecule has 0 atom stereocenters. The van der Waals surface area contributed by atoms with Crippen LogP contribution in [-0.4, -0.2) is 8.42 Å². The molecule has 92 valence electrons. The van der Waals surface area contributed by atoms with Gasteiger partial charge in [-0.25, -0.2) is 12.7 Å². The van der Waals surface area contributed by atoms with Crippen molar-refractivity contribution in [3.8, 4) is 0 Å². The summed E-state index contributed by atoms with van der Waals surface area (Å²) < 4.78 is 25.5. The maximum Gasteiger partial charge on any atom is 0.261 e. The van der Waals surface area contributed by atoms with Gasteiger partial charge in [0.1, 0.15) is 0 Å². The second-order valence-electron chi connectivity index (χ2n) is 3.65. The molecule has 2 aromatic carbocycles. The van der Waals surface area contributed by atoms with Gasteiger partial charge in [0.25, 0.3) is 10.0 Å². The van der Waals surface area contributed by atoms with Crippen molar-refractivity contribution in [2.24, 2.45) is 0 Å². The van der Waals surface area contributed by atoms with Gasteiger partial charge in [0.2, 0.25) is 0 Å². The van der Waals surface area contributed by atoms with Crippen LogP contribution in [0.15, 0.2) is 72.7 Å². The molecule has 2 rings (SSSR count). The lowest BCUT2D eigenvalue weighted by molar-refractivity contribution is 0.605. The molecule has 0 radical (unpaired) electrons. The van der Waals surface area contributed by atoms with E-state index in [1.54, 1.807) is 48.5 Å². The Balaban J connectivity index is 2.60. The fraction of sp³-hybridized carbons (Fsp3) is 0. The van der Waals surface area contributed by atoms with Crippen molar-refractivity contribution in [1.82, 2.24) is 0 Å². The number of rotatable bonds is 4. The molecule has 0 aliphatic heterocycles. The van der Waals surface area contributed by atoms with Crippen LogP contribution >= 0.6 is 0 Å². The Kier molecular flexibility index (Phi) is 3.48. The predicted octanol–water partition coefficient (Wildman–Crippen LogP) is 3.30. The molecule has 0 saturated heterocycles. The molecule has 0 aliphatic carbocycles. The maximum atomic E-state index is 12.1. The Morgan fingerprint density at radius 1 is 0.833 bits per heavy atom. The first-order valence-electron chi connectivity index (χ1n) is 5.43. The zero-order chi connectivity index (χ0) is 13.0. The van der Waals surface area contributed by atoms with Crippen LogP contribution in [0.2, 0.25) is 0 Å². The van der Waals surface area contributed by atoms with Gasteiger partial charge in [0, 0.05) is 5.41 Å². The van der Waals surface area contributed by atoms with E-state index < -0.39 is 10.0 Å². The maximum absolute atomic E-state index is 12.1. The normalized spacial score (nSPS) is 10.9. The first-order chi connectivity index (χ1) is 8.65. The van der Waals surface area contributed by atoms with E-state index in [0.717, 1.165) is 5.41 Å². The van der Waals surface area contributed by atoms with E-state index in [2.05, 4.69) is 6.58 Å². The highest BCUT2D eigenvalue weighted by Crippen LogP contribution is 2.28. The van der Waals surface area contributed by atoms with Crippen LogP contribution in [0.25, 0.3) is 0 Å². The van der Waals surface area contributed by atoms with Crippen LogP contribution in [0, 0.1) is 0 Å². The lowest BCUT2D eigenvalue weighted by Crippen LogP contribution is -2.23. The van der Waals surface area contributed by atoms with Crippen molar-refractivity contribution in [2.75, 3.05) is 4.31 Å². The van der Waals surface area contributed by atoms with Gasteiger partial charge in [-0.1, -0.05) is 43.0 Å². The average Bonchev–Trinajstić information content (AvgIpc) is 2.41. The Hall–Kier alpha value is -2.07. The van der Waals surface area contributed by atoms with Crippen molar-refractivity contribution >= 4 is 21.4 Å². The third kappa shape index (κ3) is 2.43. The molecule has 0 heterocycles. The van der Waals surface area contributed by atoms with Gasteiger partial charge >= 0.3 is 0 Å². The molecule has 0 unspecified atom stereocenters. The molecular weight excluding hydrogens is 246 g/mol. The molecule has 0 aliphatic rings. The van der Waals surface area contributed by atoms with Crippen LogP contribution in [0.3, 0.4) is 0 Å². The van der Waals surface area contributed by atoms with E-state index in [1.165, 1.54) is 4.31 Å². The summed E-state index contributed by atoms with van der Waals surface area (Å²) in [5, 5.41) is 0.951. The van der Waals surface area contributed by atoms with Gasteiger partial charge in [-0.3, -0.25) is 0 Å². The molecule has 18 heavy (non-hydrogen) atoms. The van der Waals surface area contributed by atoms with Gasteiger partial charge in [-0.2, -0.15) is 0 Å². The second-order valence-corrected chi connectivity index (χ2v) is 5.38. The van der Waals surface area contributed by atoms with Gasteiger partial charge < -0.3 is 0 Å². The highest BCUT2D eigenvalue weighted by molar-refractivity contribution is 7.95. The molecule has 0 amide bonds. The second kappa shape index (κ2) is 5.06. The highest BCUT2D eigenvalue weighted by atomic mass is 32.2. The van der Waals surface area contributed by atoms with Gasteiger partial charge in [0.05, 0.1) is 11.4 Å². The van der Waals surface area contributed by atoms with Crippen molar-refractivity contribution in [1.29, 1.82) is 0 Å². The Bertz CT molecular complexity index is 582. The molecule has 0 aromatic heterocycles. The van der Waals surface area contributed by atoms with Crippen LogP contribution < -0.4 is 4.31 Å². The van der Waals surface area contributed by atoms with Crippen molar-refractivity contribution in [3.63, 3.8) is 0 Å². The number of sulfonamides is 1. The van der Waals surface area contributed by atoms with Gasteiger partial charge in [0.15, 0.2) is 0 Å². The minimum atomic E-state index is -3.57. The summed E-state index contributed by atoms with van der Waals surface area (Å²) >= 11 is 0. The molecule has 2 aromatic rings. The first-order valence-corrected chi connectivity index (χ1v) is 6.93. The Morgan fingerprint density at radius 2 is 1.22 bits per heavy atom. The molecule has 3 nitrogen and oxygen atoms in total. The lowest BCUT2D eigenvalue weighted by Gasteiger charge is -2.22. The van der Waals surface area contributed by atoms with E-state index >= 15 is 0 Å². The smallest absolute Gasteiger partial charge is 0.235 e. The fourth-order valence-corrected chi connectivity index (χ4v) is 2.62. The standard InChI is InChI=1S/C14H13NO2S/c1-2-18(16,17)15(13-9-5-3-6-10-13)14-11-7-4-8-12-14/h2-12H,1H2. The molecule has 4 heteroatoms. The van der Waals surface area contributed by atoms with Gasteiger partial charge in [-0.15, -0.1) is 0 Å². The van der Waals surface area contributed by atoms with Gasteiger partial charge in [-0.05, 0) is 24.3 Å². The number of para-hydroxylation sites is 2. The minimum absolute atomic E-state index is 0.587. The fourth-order valence-electron chi connectivity index (χ4n) is 1.64. The summed E-state index contributed by atoms with van der Waals surface area (Å²) in [6.45, 7) is 3.37. The Labute approximate surface area is 107 Å². The van der Waals surface area contributed by atoms with E-state index in [1.807, 2.05) is 12.1 Å². The van der Waals surface area contributed by atoms with Crippen molar-refractivity contribution < 1.29 is 8.42 Å². The molecule has 0 fully saturated rings. The van der Waals surface area contributed by atoms with E-state index in [-0.39, 0.29) is 0 Å². The summed E-state index contributed by atoms with van der Waals surface area (Å²) in [4.78, 5) is 0. The summed E-state index contributed by atoms with van der Waals surface area (Å²) in [5.74, 6) is 0. The summed E-state index contributed by atoms with van der Waals surface area (Å²) in [5.41, 5.74) is 1.17. The first kappa shape index (κ1) is 12.4. The molecule has 0 bridgehead atoms. The average molecular weight is 259 g/mol. The topological polar surface area (TPSA) is 37.4 Å². The molecular formula is C14H13NO2S. The number of hydrogen-bond donors (Lipinski definition) is 0. The van der Waals surface area contributed by atoms with Crippen LogP contribution in [0.1, 0.15) is 0 Å². The summed E-state index contributed by atoms with van der Waals surface area (Å²) in [6.07, 6.45) is 0. The lowest BCUT2D eigenvalue weighted by atomic mass is 10.3. The highest BCUT2D eigenvalue weighted by Gasteiger charge is 2.20. The van der Waals surface area contributed by atoms with Crippen molar-refractivity contribution in [2.45, 2.75) is 0 Å². The zero-order valence-corrected chi connectivity index (χ0v) is 10.5. The monoisotopic (exact) mass is 259 g/mol. The van der Waals surface area contributed by atoms with Crippen LogP contribution in [-0.2, 0) is 10.0 Å². The van der Waals surface area contributed by atoms with E-state index in [0.29, 0.717) is 11.4 Å². The van der Waals surface area contributed by atoms with Crippen LogP contribution in [0.5, 0.6) is 0 Å². The van der Waals surface area contributed by atoms with E-state index in [9.17, 15) is 8.42 Å². The third-order valence-corrected chi connectivity index (χ3v) is 3.80. The van der Waals surface area contributed by atoms with Crippen molar-refractivity contribution in [3.05, 3.63) is 72.7 Å². The summed E-state index contributed by atoms with van der Waals surface area (Å²) in [7, 11) is -3.57. The quantitative estimate of drug-likeness (QED) is 0.844. The number of benzene rings is 2. The largest absolute Gasteiger partial charge is 0.261 e. The SMILES string of the molecule is C=CS(=O)(=O)N(c1ccccc1)c1ccccc1.